The van der Waals surface area contributed by atoms with E-state index in [9.17, 15) is 4.79 Å². The number of ether oxygens (including phenoxy) is 1. The minimum atomic E-state index is -0.229. The van der Waals surface area contributed by atoms with Crippen LogP contribution < -0.4 is 10.2 Å². The lowest BCUT2D eigenvalue weighted by Crippen LogP contribution is -2.20. The molecular formula is C26H25N5O2S. The van der Waals surface area contributed by atoms with Gasteiger partial charge in [-0.15, -0.1) is 10.2 Å². The van der Waals surface area contributed by atoms with Crippen molar-refractivity contribution < 1.29 is 9.53 Å². The van der Waals surface area contributed by atoms with Gasteiger partial charge in [-0.3, -0.25) is 9.36 Å². The van der Waals surface area contributed by atoms with Gasteiger partial charge in [-0.2, -0.15) is 5.10 Å². The molecule has 4 rings (SSSR count). The Hall–Kier alpha value is -3.91. The Labute approximate surface area is 202 Å². The number of nitrogens with zero attached hydrogens (tertiary/aromatic N) is 4. The van der Waals surface area contributed by atoms with Crippen molar-refractivity contribution in [1.29, 1.82) is 0 Å². The van der Waals surface area contributed by atoms with Crippen LogP contribution in [0.3, 0.4) is 0 Å². The van der Waals surface area contributed by atoms with Crippen LogP contribution in [0.2, 0.25) is 0 Å². The van der Waals surface area contributed by atoms with E-state index >= 15 is 0 Å². The molecule has 0 aliphatic rings. The maximum atomic E-state index is 12.4. The summed E-state index contributed by atoms with van der Waals surface area (Å²) in [7, 11) is 0. The van der Waals surface area contributed by atoms with Gasteiger partial charge in [-0.05, 0) is 48.4 Å². The highest BCUT2D eigenvalue weighted by atomic mass is 32.2. The van der Waals surface area contributed by atoms with Gasteiger partial charge in [0.25, 0.3) is 5.91 Å². The summed E-state index contributed by atoms with van der Waals surface area (Å²) in [6.45, 7) is 2.75. The van der Waals surface area contributed by atoms with E-state index in [2.05, 4.69) is 27.6 Å². The molecular weight excluding hydrogens is 446 g/mol. The molecule has 4 aromatic rings. The smallest absolute Gasteiger partial charge is 0.250 e. The molecule has 1 heterocycles. The Morgan fingerprint density at radius 3 is 2.41 bits per heavy atom. The summed E-state index contributed by atoms with van der Waals surface area (Å²) < 4.78 is 7.53. The number of aromatic nitrogens is 3. The molecule has 1 aromatic heterocycles. The SMILES string of the molecule is CCCOc1ccc(C=NNC(=O)CSc2nnc(-c3ccccc3)n2-c2ccccc2)cc1. The molecule has 34 heavy (non-hydrogen) atoms. The van der Waals surface area contributed by atoms with Gasteiger partial charge < -0.3 is 4.74 Å². The Morgan fingerprint density at radius 1 is 1.00 bits per heavy atom. The van der Waals surface area contributed by atoms with Crippen molar-refractivity contribution in [3.8, 4) is 22.8 Å². The number of rotatable bonds is 10. The lowest BCUT2D eigenvalue weighted by atomic mass is 10.2. The summed E-state index contributed by atoms with van der Waals surface area (Å²) in [4.78, 5) is 12.4. The van der Waals surface area contributed by atoms with Crippen LogP contribution in [0, 0.1) is 0 Å². The van der Waals surface area contributed by atoms with E-state index in [1.54, 1.807) is 6.21 Å². The van der Waals surface area contributed by atoms with Gasteiger partial charge >= 0.3 is 0 Å². The molecule has 0 aliphatic carbocycles. The summed E-state index contributed by atoms with van der Waals surface area (Å²) in [5.74, 6) is 1.46. The van der Waals surface area contributed by atoms with Crippen LogP contribution in [-0.4, -0.2) is 39.2 Å². The second-order valence-electron chi connectivity index (χ2n) is 7.34. The molecule has 7 nitrogen and oxygen atoms in total. The van der Waals surface area contributed by atoms with Gasteiger partial charge in [0, 0.05) is 11.3 Å². The van der Waals surface area contributed by atoms with Gasteiger partial charge in [0.2, 0.25) is 0 Å². The number of carbonyl (C=O) groups is 1. The molecule has 0 aliphatic heterocycles. The number of hydrogen-bond donors (Lipinski definition) is 1. The van der Waals surface area contributed by atoms with E-state index in [0.717, 1.165) is 34.8 Å². The number of carbonyl (C=O) groups excluding carboxylic acids is 1. The highest BCUT2D eigenvalue weighted by Crippen LogP contribution is 2.27. The predicted octanol–water partition coefficient (Wildman–Crippen LogP) is 4.97. The minimum absolute atomic E-state index is 0.154. The highest BCUT2D eigenvalue weighted by molar-refractivity contribution is 7.99. The summed E-state index contributed by atoms with van der Waals surface area (Å²) in [6.07, 6.45) is 2.56. The fourth-order valence-corrected chi connectivity index (χ4v) is 3.90. The van der Waals surface area contributed by atoms with Gasteiger partial charge in [-0.25, -0.2) is 5.43 Å². The maximum absolute atomic E-state index is 12.4. The highest BCUT2D eigenvalue weighted by Gasteiger charge is 2.17. The van der Waals surface area contributed by atoms with E-state index < -0.39 is 0 Å². The van der Waals surface area contributed by atoms with Crippen molar-refractivity contribution >= 4 is 23.9 Å². The van der Waals surface area contributed by atoms with Crippen molar-refractivity contribution in [1.82, 2.24) is 20.2 Å². The van der Waals surface area contributed by atoms with E-state index in [1.807, 2.05) is 89.5 Å². The fraction of sp³-hybridized carbons (Fsp3) is 0.154. The number of nitrogens with one attached hydrogen (secondary N) is 1. The summed E-state index contributed by atoms with van der Waals surface area (Å²) in [6, 6.07) is 27.3. The molecule has 172 valence electrons. The normalized spacial score (nSPS) is 11.0. The minimum Gasteiger partial charge on any atom is -0.494 e. The average Bonchev–Trinajstić information content (AvgIpc) is 3.32. The van der Waals surface area contributed by atoms with E-state index in [4.69, 9.17) is 4.74 Å². The Bertz CT molecular complexity index is 1230. The van der Waals surface area contributed by atoms with Crippen LogP contribution in [0.15, 0.2) is 95.2 Å². The summed E-state index contributed by atoms with van der Waals surface area (Å²) in [5, 5.41) is 13.4. The van der Waals surface area contributed by atoms with Crippen LogP contribution in [0.4, 0.5) is 0 Å². The van der Waals surface area contributed by atoms with Crippen molar-refractivity contribution in [2.75, 3.05) is 12.4 Å². The monoisotopic (exact) mass is 471 g/mol. The quantitative estimate of drug-likeness (QED) is 0.201. The molecule has 0 spiro atoms. The number of para-hydroxylation sites is 1. The lowest BCUT2D eigenvalue weighted by Gasteiger charge is -2.10. The Kier molecular flexibility index (Phi) is 8.08. The third kappa shape index (κ3) is 6.11. The zero-order chi connectivity index (χ0) is 23.6. The molecule has 0 unspecified atom stereocenters. The second-order valence-corrected chi connectivity index (χ2v) is 8.29. The van der Waals surface area contributed by atoms with E-state index in [0.29, 0.717) is 11.8 Å². The number of hydrogen-bond acceptors (Lipinski definition) is 6. The number of amides is 1. The maximum Gasteiger partial charge on any atom is 0.250 e. The van der Waals surface area contributed by atoms with Crippen LogP contribution >= 0.6 is 11.8 Å². The molecule has 8 heteroatoms. The van der Waals surface area contributed by atoms with Crippen LogP contribution in [0.5, 0.6) is 5.75 Å². The van der Waals surface area contributed by atoms with Gasteiger partial charge in [0.15, 0.2) is 11.0 Å². The number of benzene rings is 3. The Balaban J connectivity index is 1.40. The van der Waals surface area contributed by atoms with E-state index in [-0.39, 0.29) is 11.7 Å². The topological polar surface area (TPSA) is 81.4 Å². The predicted molar refractivity (Wildman–Crippen MR) is 135 cm³/mol. The first-order chi connectivity index (χ1) is 16.7. The second kappa shape index (κ2) is 11.8. The van der Waals surface area contributed by atoms with Crippen molar-refractivity contribution in [2.45, 2.75) is 18.5 Å². The van der Waals surface area contributed by atoms with Gasteiger partial charge in [0.05, 0.1) is 18.6 Å². The van der Waals surface area contributed by atoms with E-state index in [1.165, 1.54) is 11.8 Å². The summed E-state index contributed by atoms with van der Waals surface area (Å²) >= 11 is 1.31. The molecule has 0 bridgehead atoms. The Morgan fingerprint density at radius 2 is 1.71 bits per heavy atom. The molecule has 0 radical (unpaired) electrons. The first kappa shape index (κ1) is 23.3. The molecule has 1 N–H and O–H groups in total. The molecule has 0 fully saturated rings. The zero-order valence-corrected chi connectivity index (χ0v) is 19.6. The fourth-order valence-electron chi connectivity index (χ4n) is 3.16. The molecule has 0 atom stereocenters. The lowest BCUT2D eigenvalue weighted by molar-refractivity contribution is -0.118. The van der Waals surface area contributed by atoms with Crippen LogP contribution in [0.25, 0.3) is 17.1 Å². The largest absolute Gasteiger partial charge is 0.494 e. The molecule has 0 saturated heterocycles. The first-order valence-electron chi connectivity index (χ1n) is 11.0. The van der Waals surface area contributed by atoms with Crippen molar-refractivity contribution in [3.63, 3.8) is 0 Å². The van der Waals surface area contributed by atoms with Crippen molar-refractivity contribution in [3.05, 3.63) is 90.5 Å². The first-order valence-corrected chi connectivity index (χ1v) is 12.0. The number of thioether (sulfide) groups is 1. The third-order valence-electron chi connectivity index (χ3n) is 4.77. The zero-order valence-electron chi connectivity index (χ0n) is 18.8. The van der Waals surface area contributed by atoms with Crippen LogP contribution in [0.1, 0.15) is 18.9 Å². The average molecular weight is 472 g/mol. The van der Waals surface area contributed by atoms with Gasteiger partial charge in [-0.1, -0.05) is 67.2 Å². The molecule has 1 amide bonds. The summed E-state index contributed by atoms with van der Waals surface area (Å²) in [5.41, 5.74) is 5.32. The van der Waals surface area contributed by atoms with Gasteiger partial charge in [0.1, 0.15) is 5.75 Å². The standard InChI is InChI=1S/C26H25N5O2S/c1-2-17-33-23-15-13-20(14-16-23)18-27-28-24(32)19-34-26-30-29-25(21-9-5-3-6-10-21)31(26)22-11-7-4-8-12-22/h3-16,18H,2,17,19H2,1H3,(H,28,32). The number of hydrazone groups is 1. The van der Waals surface area contributed by atoms with Crippen molar-refractivity contribution in [2.24, 2.45) is 5.10 Å². The third-order valence-corrected chi connectivity index (χ3v) is 5.70. The molecule has 0 saturated carbocycles. The van der Waals surface area contributed by atoms with Crippen LogP contribution in [-0.2, 0) is 4.79 Å². The molecule has 3 aromatic carbocycles.